The third kappa shape index (κ3) is 11.5. The lowest BCUT2D eigenvalue weighted by atomic mass is 9.73. The molecule has 1 amide bonds. The summed E-state index contributed by atoms with van der Waals surface area (Å²) < 4.78 is 23.0. The summed E-state index contributed by atoms with van der Waals surface area (Å²) in [5, 5.41) is 16.9. The quantitative estimate of drug-likeness (QED) is 0.130. The Morgan fingerprint density at radius 1 is 0.979 bits per heavy atom. The largest absolute Gasteiger partial charge is 0.450 e. The molecule has 1 aromatic heterocycles. The van der Waals surface area contributed by atoms with Gasteiger partial charge in [0.1, 0.15) is 17.5 Å². The first-order chi connectivity index (χ1) is 23.2. The number of pyridine rings is 1. The van der Waals surface area contributed by atoms with Crippen LogP contribution in [0.25, 0.3) is 0 Å². The van der Waals surface area contributed by atoms with Gasteiger partial charge in [0.05, 0.1) is 18.8 Å². The van der Waals surface area contributed by atoms with Crippen LogP contribution in [0.1, 0.15) is 64.0 Å². The molecule has 1 unspecified atom stereocenters. The molecule has 5 N–H and O–H groups in total. The van der Waals surface area contributed by atoms with Crippen molar-refractivity contribution >= 4 is 29.4 Å². The van der Waals surface area contributed by atoms with E-state index in [9.17, 15) is 19.1 Å². The highest BCUT2D eigenvalue weighted by atomic mass is 19.1. The third-order valence-electron chi connectivity index (χ3n) is 8.14. The number of nitrogens with zero attached hydrogens (tertiary/aromatic N) is 2. The molecule has 2 aromatic carbocycles. The van der Waals surface area contributed by atoms with Gasteiger partial charge in [0, 0.05) is 12.5 Å². The van der Waals surface area contributed by atoms with Crippen LogP contribution in [-0.4, -0.2) is 59.9 Å². The Labute approximate surface area is 283 Å². The molecule has 48 heavy (non-hydrogen) atoms. The van der Waals surface area contributed by atoms with Crippen LogP contribution in [0.4, 0.5) is 26.5 Å². The smallest absolute Gasteiger partial charge is 0.411 e. The Morgan fingerprint density at radius 2 is 1.67 bits per heavy atom. The number of carbonyl (C=O) groups excluding carboxylic acids is 2. The number of hydrogen-bond donors (Lipinski definition) is 4. The van der Waals surface area contributed by atoms with Crippen LogP contribution in [0.2, 0.25) is 0 Å². The molecule has 1 aliphatic carbocycles. The summed E-state index contributed by atoms with van der Waals surface area (Å²) in [6, 6.07) is 18.7. The summed E-state index contributed by atoms with van der Waals surface area (Å²) in [6.07, 6.45) is 4.34. The number of halogens is 1. The SMILES string of the molecule is CCN(CC)CC#CCOC(=O)C(O)(c1ccccc1)C1CCCCC1.CCOC(=O)Nc1ccc(NCc2ccc(F)cc2)nc1N. The van der Waals surface area contributed by atoms with Gasteiger partial charge in [-0.15, -0.1) is 0 Å². The molecule has 4 rings (SSSR count). The number of aliphatic hydroxyl groups is 1. The number of nitrogens with one attached hydrogen (secondary N) is 2. The first-order valence-electron chi connectivity index (χ1n) is 16.5. The van der Waals surface area contributed by atoms with Crippen molar-refractivity contribution in [1.82, 2.24) is 9.88 Å². The minimum atomic E-state index is -1.58. The number of benzene rings is 2. The van der Waals surface area contributed by atoms with Gasteiger partial charge in [0.25, 0.3) is 0 Å². The van der Waals surface area contributed by atoms with Crippen LogP contribution in [0.3, 0.4) is 0 Å². The summed E-state index contributed by atoms with van der Waals surface area (Å²) >= 11 is 0. The van der Waals surface area contributed by atoms with Crippen molar-refractivity contribution in [1.29, 1.82) is 0 Å². The van der Waals surface area contributed by atoms with Gasteiger partial charge in [0.15, 0.2) is 12.2 Å². The molecule has 0 spiro atoms. The van der Waals surface area contributed by atoms with Crippen molar-refractivity contribution in [2.75, 3.05) is 49.2 Å². The van der Waals surface area contributed by atoms with Crippen LogP contribution in [0.5, 0.6) is 0 Å². The van der Waals surface area contributed by atoms with E-state index in [1.54, 1.807) is 31.2 Å². The molecule has 0 saturated heterocycles. The predicted molar refractivity (Wildman–Crippen MR) is 186 cm³/mol. The molecule has 1 atom stereocenters. The molecule has 1 fully saturated rings. The maximum Gasteiger partial charge on any atom is 0.411 e. The predicted octanol–water partition coefficient (Wildman–Crippen LogP) is 6.33. The van der Waals surface area contributed by atoms with Crippen molar-refractivity contribution in [2.24, 2.45) is 5.92 Å². The molecule has 1 saturated carbocycles. The van der Waals surface area contributed by atoms with E-state index >= 15 is 0 Å². The number of nitrogen functional groups attached to an aromatic ring is 1. The molecule has 1 aliphatic rings. The highest BCUT2D eigenvalue weighted by molar-refractivity contribution is 5.88. The first kappa shape index (κ1) is 37.8. The van der Waals surface area contributed by atoms with Crippen molar-refractivity contribution in [3.63, 3.8) is 0 Å². The second-order valence-electron chi connectivity index (χ2n) is 11.3. The van der Waals surface area contributed by atoms with Crippen molar-refractivity contribution in [3.05, 3.63) is 83.7 Å². The van der Waals surface area contributed by atoms with Gasteiger partial charge < -0.3 is 25.6 Å². The highest BCUT2D eigenvalue weighted by Gasteiger charge is 2.47. The van der Waals surface area contributed by atoms with E-state index in [0.717, 1.165) is 50.8 Å². The normalized spacial score (nSPS) is 14.0. The average molecular weight is 662 g/mol. The van der Waals surface area contributed by atoms with Crippen molar-refractivity contribution < 1.29 is 28.6 Å². The Bertz CT molecular complexity index is 1490. The van der Waals surface area contributed by atoms with Crippen molar-refractivity contribution in [2.45, 2.75) is 65.0 Å². The van der Waals surface area contributed by atoms with Gasteiger partial charge >= 0.3 is 12.1 Å². The molecule has 0 bridgehead atoms. The van der Waals surface area contributed by atoms with Gasteiger partial charge in [-0.05, 0) is 68.2 Å². The van der Waals surface area contributed by atoms with Crippen LogP contribution < -0.4 is 16.4 Å². The number of rotatable bonds is 12. The number of anilines is 3. The molecule has 0 aliphatic heterocycles. The molecule has 258 valence electrons. The topological polar surface area (TPSA) is 139 Å². The second kappa shape index (κ2) is 19.9. The molecule has 10 nitrogen and oxygen atoms in total. The van der Waals surface area contributed by atoms with E-state index in [-0.39, 0.29) is 30.8 Å². The minimum Gasteiger partial charge on any atom is -0.450 e. The van der Waals surface area contributed by atoms with E-state index in [0.29, 0.717) is 30.2 Å². The molecule has 11 heteroatoms. The van der Waals surface area contributed by atoms with Crippen molar-refractivity contribution in [3.8, 4) is 11.8 Å². The Kier molecular flexibility index (Phi) is 15.6. The van der Waals surface area contributed by atoms with Crippen LogP contribution >= 0.6 is 0 Å². The van der Waals surface area contributed by atoms with Crippen LogP contribution in [0, 0.1) is 23.6 Å². The lowest BCUT2D eigenvalue weighted by Crippen LogP contribution is -2.45. The monoisotopic (exact) mass is 661 g/mol. The number of ether oxygens (including phenoxy) is 2. The van der Waals surface area contributed by atoms with E-state index in [4.69, 9.17) is 15.2 Å². The molecular formula is C37H48FN5O5. The fourth-order valence-electron chi connectivity index (χ4n) is 5.36. The van der Waals surface area contributed by atoms with Gasteiger partial charge in [0.2, 0.25) is 0 Å². The van der Waals surface area contributed by atoms with Gasteiger partial charge in [-0.25, -0.2) is 19.0 Å². The number of aromatic nitrogens is 1. The summed E-state index contributed by atoms with van der Waals surface area (Å²) in [5.41, 5.74) is 6.11. The zero-order valence-corrected chi connectivity index (χ0v) is 28.1. The summed E-state index contributed by atoms with van der Waals surface area (Å²) in [5.74, 6) is 5.70. The Hall–Kier alpha value is -4.66. The second-order valence-corrected chi connectivity index (χ2v) is 11.3. The molecule has 1 heterocycles. The number of nitrogens with two attached hydrogens (primary N) is 1. The molecular weight excluding hydrogens is 613 g/mol. The van der Waals surface area contributed by atoms with E-state index < -0.39 is 17.7 Å². The third-order valence-corrected chi connectivity index (χ3v) is 8.14. The van der Waals surface area contributed by atoms with Gasteiger partial charge in [-0.3, -0.25) is 10.2 Å². The van der Waals surface area contributed by atoms with Gasteiger partial charge in [-0.1, -0.05) is 87.4 Å². The minimum absolute atomic E-state index is 0.0158. The van der Waals surface area contributed by atoms with E-state index in [1.807, 2.05) is 30.3 Å². The highest BCUT2D eigenvalue weighted by Crippen LogP contribution is 2.40. The lowest BCUT2D eigenvalue weighted by Gasteiger charge is -2.36. The average Bonchev–Trinajstić information content (AvgIpc) is 3.11. The Morgan fingerprint density at radius 3 is 2.29 bits per heavy atom. The summed E-state index contributed by atoms with van der Waals surface area (Å²) in [7, 11) is 0. The van der Waals surface area contributed by atoms with Gasteiger partial charge in [-0.2, -0.15) is 0 Å². The zero-order chi connectivity index (χ0) is 34.8. The first-order valence-corrected chi connectivity index (χ1v) is 16.5. The van der Waals surface area contributed by atoms with E-state index in [1.165, 1.54) is 12.1 Å². The zero-order valence-electron chi connectivity index (χ0n) is 28.1. The fraction of sp³-hybridized carbons (Fsp3) is 0.432. The standard InChI is InChI=1S/C22H31NO3.C15H17FN4O2/c1-3-23(4-2)17-11-12-18-26-21(24)22(25,19-13-7-5-8-14-19)20-15-9-6-10-16-20;1-2-22-15(21)19-12-7-8-13(20-14(12)17)18-9-10-3-5-11(16)6-4-10/h5,7-8,13-14,20,25H,3-4,6,9-10,15-18H2,1-2H3;3-8H,2,9H2,1H3,(H,19,21)(H3,17,18,20). The summed E-state index contributed by atoms with van der Waals surface area (Å²) in [4.78, 5) is 30.5. The number of amides is 1. The maximum atomic E-state index is 12.8. The number of hydrogen-bond acceptors (Lipinski definition) is 9. The van der Waals surface area contributed by atoms with Crippen LogP contribution in [0.15, 0.2) is 66.7 Å². The van der Waals surface area contributed by atoms with Crippen LogP contribution in [-0.2, 0) is 26.4 Å². The maximum absolute atomic E-state index is 12.8. The number of esters is 1. The fourth-order valence-corrected chi connectivity index (χ4v) is 5.36. The summed E-state index contributed by atoms with van der Waals surface area (Å²) in [6.45, 7) is 9.22. The molecule has 0 radical (unpaired) electrons. The lowest BCUT2D eigenvalue weighted by molar-refractivity contribution is -0.174. The van der Waals surface area contributed by atoms with E-state index in [2.05, 4.69) is 46.2 Å². The number of carbonyl (C=O) groups is 2. The Balaban J connectivity index is 0.000000264. The molecule has 3 aromatic rings.